The van der Waals surface area contributed by atoms with Crippen LogP contribution in [0.2, 0.25) is 15.1 Å². The molecule has 0 radical (unpaired) electrons. The molecule has 0 saturated carbocycles. The maximum atomic E-state index is 11.8. The molecule has 1 aliphatic heterocycles. The Morgan fingerprint density at radius 2 is 2.00 bits per heavy atom. The van der Waals surface area contributed by atoms with E-state index in [1.807, 2.05) is 0 Å². The second-order valence-electron chi connectivity index (χ2n) is 3.69. The van der Waals surface area contributed by atoms with Gasteiger partial charge in [0.15, 0.2) is 5.17 Å². The molecule has 1 aromatic carbocycles. The molecule has 1 aliphatic rings. The predicted octanol–water partition coefficient (Wildman–Crippen LogP) is 3.70. The van der Waals surface area contributed by atoms with Crippen molar-refractivity contribution in [3.63, 3.8) is 0 Å². The first-order valence-corrected chi connectivity index (χ1v) is 7.54. The van der Waals surface area contributed by atoms with Gasteiger partial charge in [0.25, 0.3) is 0 Å². The maximum absolute atomic E-state index is 11.8. The van der Waals surface area contributed by atoms with Crippen LogP contribution in [-0.4, -0.2) is 29.9 Å². The van der Waals surface area contributed by atoms with Crippen LogP contribution in [0.25, 0.3) is 0 Å². The van der Waals surface area contributed by atoms with Crippen molar-refractivity contribution in [1.29, 1.82) is 0 Å². The average molecular weight is 375 g/mol. The van der Waals surface area contributed by atoms with E-state index < -0.39 is 0 Å². The van der Waals surface area contributed by atoms with E-state index >= 15 is 0 Å². The third kappa shape index (κ3) is 4.90. The van der Waals surface area contributed by atoms with Gasteiger partial charge in [0.1, 0.15) is 0 Å². The summed E-state index contributed by atoms with van der Waals surface area (Å²) in [6.07, 6.45) is 0. The molecule has 0 unspecified atom stereocenters. The van der Waals surface area contributed by atoms with Crippen molar-refractivity contribution in [2.24, 2.45) is 4.99 Å². The summed E-state index contributed by atoms with van der Waals surface area (Å²) in [5.74, 6) is 0.0359. The molecule has 0 aliphatic carbocycles. The lowest BCUT2D eigenvalue weighted by molar-refractivity contribution is -0.113. The molecule has 0 bridgehead atoms. The molecule has 4 nitrogen and oxygen atoms in total. The van der Waals surface area contributed by atoms with E-state index in [9.17, 15) is 4.79 Å². The van der Waals surface area contributed by atoms with Gasteiger partial charge in [-0.05, 0) is 12.1 Å². The maximum Gasteiger partial charge on any atom is 0.234 e. The molecule has 20 heavy (non-hydrogen) atoms. The highest BCUT2D eigenvalue weighted by atomic mass is 35.5. The van der Waals surface area contributed by atoms with Crippen molar-refractivity contribution in [3.8, 4) is 0 Å². The minimum Gasteiger partial charge on any atom is -0.363 e. The van der Waals surface area contributed by atoms with Crippen LogP contribution in [0, 0.1) is 0 Å². The van der Waals surface area contributed by atoms with E-state index in [1.165, 1.54) is 23.9 Å². The van der Waals surface area contributed by atoms with Gasteiger partial charge < -0.3 is 10.6 Å². The van der Waals surface area contributed by atoms with Gasteiger partial charge >= 0.3 is 0 Å². The summed E-state index contributed by atoms with van der Waals surface area (Å²) in [7, 11) is 0. The number of benzene rings is 1. The number of carbonyl (C=O) groups is 1. The first kappa shape index (κ1) is 17.7. The highest BCUT2D eigenvalue weighted by molar-refractivity contribution is 8.14. The Labute approximate surface area is 142 Å². The van der Waals surface area contributed by atoms with Gasteiger partial charge in [-0.25, -0.2) is 0 Å². The fraction of sp³-hybridized carbons (Fsp3) is 0.273. The zero-order valence-corrected chi connectivity index (χ0v) is 14.0. The molecule has 1 aromatic rings. The lowest BCUT2D eigenvalue weighted by Crippen LogP contribution is -2.20. The summed E-state index contributed by atoms with van der Waals surface area (Å²) in [5.41, 5.74) is 0.375. The number of rotatable bonds is 3. The van der Waals surface area contributed by atoms with Crippen LogP contribution < -0.4 is 10.6 Å². The number of halogens is 4. The third-order valence-electron chi connectivity index (χ3n) is 2.25. The Kier molecular flexibility index (Phi) is 7.26. The molecular weight excluding hydrogens is 364 g/mol. The molecule has 0 fully saturated rings. The van der Waals surface area contributed by atoms with E-state index in [0.29, 0.717) is 20.8 Å². The highest BCUT2D eigenvalue weighted by Crippen LogP contribution is 2.33. The minimum atomic E-state index is -0.201. The second-order valence-corrected chi connectivity index (χ2v) is 5.91. The molecule has 9 heteroatoms. The molecule has 0 atom stereocenters. The van der Waals surface area contributed by atoms with E-state index in [4.69, 9.17) is 34.8 Å². The zero-order valence-electron chi connectivity index (χ0n) is 10.1. The fourth-order valence-corrected chi connectivity index (χ4v) is 3.08. The number of amides is 1. The number of nitrogens with zero attached hydrogens (tertiary/aromatic N) is 1. The van der Waals surface area contributed by atoms with Crippen LogP contribution in [0.3, 0.4) is 0 Å². The summed E-state index contributed by atoms with van der Waals surface area (Å²) in [6.45, 7) is 1.57. The zero-order chi connectivity index (χ0) is 13.8. The van der Waals surface area contributed by atoms with Gasteiger partial charge in [-0.15, -0.1) is 12.4 Å². The van der Waals surface area contributed by atoms with Gasteiger partial charge in [-0.3, -0.25) is 9.79 Å². The first-order valence-electron chi connectivity index (χ1n) is 5.42. The molecule has 0 spiro atoms. The van der Waals surface area contributed by atoms with Gasteiger partial charge in [0.05, 0.1) is 28.0 Å². The summed E-state index contributed by atoms with van der Waals surface area (Å²) < 4.78 is 0. The molecular formula is C11H11Cl4N3OS. The van der Waals surface area contributed by atoms with Crippen LogP contribution in [0.4, 0.5) is 5.69 Å². The number of amidine groups is 1. The van der Waals surface area contributed by atoms with Gasteiger partial charge in [0.2, 0.25) is 5.91 Å². The predicted molar refractivity (Wildman–Crippen MR) is 90.1 cm³/mol. The number of hydrogen-bond acceptors (Lipinski definition) is 4. The Hall–Kier alpha value is -0.330. The SMILES string of the molecule is Cl.O=C(CSC1=NCCN1)Nc1c(Cl)cc(Cl)cc1Cl. The molecule has 2 rings (SSSR count). The Bertz CT molecular complexity index is 515. The van der Waals surface area contributed by atoms with Crippen LogP contribution >= 0.6 is 59.0 Å². The molecule has 2 N–H and O–H groups in total. The standard InChI is InChI=1S/C11H10Cl3N3OS.ClH/c12-6-3-7(13)10(8(14)4-6)17-9(18)5-19-11-15-1-2-16-11;/h3-4H,1-2,5H2,(H,15,16)(H,17,18);1H. The smallest absolute Gasteiger partial charge is 0.234 e. The topological polar surface area (TPSA) is 53.5 Å². The van der Waals surface area contributed by atoms with E-state index in [1.54, 1.807) is 0 Å². The van der Waals surface area contributed by atoms with Crippen LogP contribution in [-0.2, 0) is 4.79 Å². The molecule has 110 valence electrons. The Balaban J connectivity index is 0.00000200. The van der Waals surface area contributed by atoms with Gasteiger partial charge in [-0.2, -0.15) is 0 Å². The monoisotopic (exact) mass is 373 g/mol. The summed E-state index contributed by atoms with van der Waals surface area (Å²) >= 11 is 19.1. The van der Waals surface area contributed by atoms with E-state index in [0.717, 1.165) is 18.3 Å². The summed E-state index contributed by atoms with van der Waals surface area (Å²) in [4.78, 5) is 16.0. The number of hydrogen-bond donors (Lipinski definition) is 2. The van der Waals surface area contributed by atoms with Gasteiger partial charge in [-0.1, -0.05) is 46.6 Å². The van der Waals surface area contributed by atoms with Crippen molar-refractivity contribution >= 4 is 75.7 Å². The largest absolute Gasteiger partial charge is 0.363 e. The number of aliphatic imine (C=N–C) groups is 1. The molecule has 0 saturated heterocycles. The minimum absolute atomic E-state index is 0. The van der Waals surface area contributed by atoms with Crippen LogP contribution in [0.5, 0.6) is 0 Å². The third-order valence-corrected chi connectivity index (χ3v) is 4.02. The lowest BCUT2D eigenvalue weighted by Gasteiger charge is -2.09. The molecule has 1 heterocycles. The van der Waals surface area contributed by atoms with Crippen LogP contribution in [0.15, 0.2) is 17.1 Å². The van der Waals surface area contributed by atoms with Crippen molar-refractivity contribution in [1.82, 2.24) is 5.32 Å². The fourth-order valence-electron chi connectivity index (χ4n) is 1.44. The molecule has 0 aromatic heterocycles. The van der Waals surface area contributed by atoms with E-state index in [2.05, 4.69) is 15.6 Å². The number of nitrogens with one attached hydrogen (secondary N) is 2. The quantitative estimate of drug-likeness (QED) is 0.847. The Morgan fingerprint density at radius 1 is 1.35 bits per heavy atom. The van der Waals surface area contributed by atoms with Crippen LogP contribution in [0.1, 0.15) is 0 Å². The summed E-state index contributed by atoms with van der Waals surface area (Å²) in [5, 5.41) is 7.56. The molecule has 1 amide bonds. The van der Waals surface area contributed by atoms with Crippen molar-refractivity contribution in [2.45, 2.75) is 0 Å². The number of thioether (sulfide) groups is 1. The van der Waals surface area contributed by atoms with Crippen molar-refractivity contribution < 1.29 is 4.79 Å². The number of carbonyl (C=O) groups excluding carboxylic acids is 1. The number of anilines is 1. The highest BCUT2D eigenvalue weighted by Gasteiger charge is 2.13. The van der Waals surface area contributed by atoms with Crippen molar-refractivity contribution in [2.75, 3.05) is 24.2 Å². The normalized spacial score (nSPS) is 13.2. The Morgan fingerprint density at radius 3 is 2.55 bits per heavy atom. The average Bonchev–Trinajstić information content (AvgIpc) is 2.84. The van der Waals surface area contributed by atoms with Crippen molar-refractivity contribution in [3.05, 3.63) is 27.2 Å². The van der Waals surface area contributed by atoms with E-state index in [-0.39, 0.29) is 24.1 Å². The second kappa shape index (κ2) is 8.20. The lowest BCUT2D eigenvalue weighted by atomic mass is 10.3. The first-order chi connectivity index (χ1) is 9.06. The summed E-state index contributed by atoms with van der Waals surface area (Å²) in [6, 6.07) is 3.06. The van der Waals surface area contributed by atoms with Gasteiger partial charge in [0, 0.05) is 11.6 Å².